The second-order valence-electron chi connectivity index (χ2n) is 5.79. The van der Waals surface area contributed by atoms with Crippen LogP contribution in [0.2, 0.25) is 0 Å². The van der Waals surface area contributed by atoms with Gasteiger partial charge in [0.05, 0.1) is 12.6 Å². The van der Waals surface area contributed by atoms with E-state index in [9.17, 15) is 23.1 Å². The van der Waals surface area contributed by atoms with Crippen LogP contribution in [0.15, 0.2) is 42.9 Å². The summed E-state index contributed by atoms with van der Waals surface area (Å²) >= 11 is 0. The number of pyridine rings is 2. The molecule has 0 saturated heterocycles. The predicted molar refractivity (Wildman–Crippen MR) is 89.0 cm³/mol. The summed E-state index contributed by atoms with van der Waals surface area (Å²) in [4.78, 5) is 21.0. The molecule has 0 aromatic carbocycles. The molecule has 26 heavy (non-hydrogen) atoms. The van der Waals surface area contributed by atoms with Gasteiger partial charge in [-0.3, -0.25) is 14.8 Å². The van der Waals surface area contributed by atoms with Crippen LogP contribution in [0.1, 0.15) is 36.3 Å². The molecule has 0 aliphatic rings. The largest absolute Gasteiger partial charge is 0.433 e. The summed E-state index contributed by atoms with van der Waals surface area (Å²) in [5.74, 6) is -0.146. The first-order chi connectivity index (χ1) is 12.3. The zero-order valence-electron chi connectivity index (χ0n) is 14.3. The fourth-order valence-corrected chi connectivity index (χ4v) is 2.43. The Bertz CT molecular complexity index is 706. The van der Waals surface area contributed by atoms with Gasteiger partial charge in [-0.15, -0.1) is 0 Å². The zero-order valence-corrected chi connectivity index (χ0v) is 14.3. The Kier molecular flexibility index (Phi) is 6.68. The molecule has 1 N–H and O–H groups in total. The summed E-state index contributed by atoms with van der Waals surface area (Å²) in [6.45, 7) is 2.08. The van der Waals surface area contributed by atoms with Crippen molar-refractivity contribution in [3.05, 3.63) is 59.7 Å². The lowest BCUT2D eigenvalue weighted by Crippen LogP contribution is -2.36. The van der Waals surface area contributed by atoms with Crippen LogP contribution in [0.3, 0.4) is 0 Å². The molecular formula is C18H20F3N3O2. The van der Waals surface area contributed by atoms with Crippen molar-refractivity contribution in [3.63, 3.8) is 0 Å². The fourth-order valence-electron chi connectivity index (χ4n) is 2.43. The van der Waals surface area contributed by atoms with Gasteiger partial charge in [0.1, 0.15) is 5.69 Å². The molecule has 0 fully saturated rings. The maximum atomic E-state index is 12.5. The van der Waals surface area contributed by atoms with Gasteiger partial charge in [-0.2, -0.15) is 13.2 Å². The molecule has 0 saturated carbocycles. The monoisotopic (exact) mass is 367 g/mol. The Labute approximate surface area is 149 Å². The van der Waals surface area contributed by atoms with Crippen molar-refractivity contribution in [1.82, 2.24) is 14.9 Å². The minimum Gasteiger partial charge on any atom is -0.386 e. The maximum absolute atomic E-state index is 12.5. The number of carbonyl (C=O) groups excluding carboxylic acids is 1. The normalized spacial score (nSPS) is 12.7. The van der Waals surface area contributed by atoms with Gasteiger partial charge in [-0.05, 0) is 24.1 Å². The van der Waals surface area contributed by atoms with E-state index in [0.29, 0.717) is 17.5 Å². The molecule has 0 aliphatic carbocycles. The molecule has 0 bridgehead atoms. The van der Waals surface area contributed by atoms with Crippen LogP contribution in [-0.2, 0) is 17.4 Å². The van der Waals surface area contributed by atoms with E-state index in [1.54, 1.807) is 25.3 Å². The highest BCUT2D eigenvalue weighted by molar-refractivity contribution is 5.75. The Balaban J connectivity index is 2.01. The van der Waals surface area contributed by atoms with Crippen molar-refractivity contribution < 1.29 is 23.1 Å². The van der Waals surface area contributed by atoms with Gasteiger partial charge in [0.25, 0.3) is 0 Å². The second-order valence-corrected chi connectivity index (χ2v) is 5.79. The van der Waals surface area contributed by atoms with E-state index in [1.807, 2.05) is 0 Å². The van der Waals surface area contributed by atoms with E-state index in [1.165, 1.54) is 17.2 Å². The summed E-state index contributed by atoms with van der Waals surface area (Å²) in [5, 5.41) is 10.3. The van der Waals surface area contributed by atoms with Gasteiger partial charge in [-0.25, -0.2) is 0 Å². The molecule has 140 valence electrons. The topological polar surface area (TPSA) is 66.3 Å². The molecule has 0 unspecified atom stereocenters. The van der Waals surface area contributed by atoms with Crippen LogP contribution in [0.25, 0.3) is 0 Å². The number of carbonyl (C=O) groups is 1. The minimum atomic E-state index is -4.48. The van der Waals surface area contributed by atoms with Gasteiger partial charge in [0.15, 0.2) is 0 Å². The van der Waals surface area contributed by atoms with E-state index in [2.05, 4.69) is 9.97 Å². The smallest absolute Gasteiger partial charge is 0.386 e. The van der Waals surface area contributed by atoms with Crippen LogP contribution < -0.4 is 0 Å². The lowest BCUT2D eigenvalue weighted by Gasteiger charge is -2.25. The highest BCUT2D eigenvalue weighted by Crippen LogP contribution is 2.27. The molecule has 2 heterocycles. The minimum absolute atomic E-state index is 0.0897. The molecule has 2 aromatic rings. The standard InChI is InChI=1S/C18H20F3N3O2/c1-2-17(26)24(12-15(25)14-4-3-8-22-11-14)9-7-13-5-6-16(23-10-13)18(19,20)21/h3-6,8,10-11,15,25H,2,7,9,12H2,1H3/t15-/m1/s1. The third-order valence-electron chi connectivity index (χ3n) is 3.90. The molecule has 8 heteroatoms. The van der Waals surface area contributed by atoms with Crippen LogP contribution in [0.4, 0.5) is 13.2 Å². The number of aromatic nitrogens is 2. The van der Waals surface area contributed by atoms with Crippen LogP contribution in [-0.4, -0.2) is 39.0 Å². The Morgan fingerprint density at radius 2 is 2.04 bits per heavy atom. The van der Waals surface area contributed by atoms with Gasteiger partial charge >= 0.3 is 6.18 Å². The van der Waals surface area contributed by atoms with Crippen molar-refractivity contribution in [3.8, 4) is 0 Å². The highest BCUT2D eigenvalue weighted by Gasteiger charge is 2.32. The van der Waals surface area contributed by atoms with Gasteiger partial charge in [0.2, 0.25) is 5.91 Å². The first-order valence-electron chi connectivity index (χ1n) is 8.19. The van der Waals surface area contributed by atoms with Crippen LogP contribution >= 0.6 is 0 Å². The lowest BCUT2D eigenvalue weighted by molar-refractivity contribution is -0.141. The van der Waals surface area contributed by atoms with Crippen molar-refractivity contribution >= 4 is 5.91 Å². The predicted octanol–water partition coefficient (Wildman–Crippen LogP) is 3.01. The molecule has 2 rings (SSSR count). The third-order valence-corrected chi connectivity index (χ3v) is 3.90. The average molecular weight is 367 g/mol. The second kappa shape index (κ2) is 8.75. The average Bonchev–Trinajstić information content (AvgIpc) is 2.64. The lowest BCUT2D eigenvalue weighted by atomic mass is 10.1. The molecule has 0 aliphatic heterocycles. The van der Waals surface area contributed by atoms with E-state index >= 15 is 0 Å². The van der Waals surface area contributed by atoms with Crippen molar-refractivity contribution in [2.75, 3.05) is 13.1 Å². The number of amides is 1. The number of hydrogen-bond donors (Lipinski definition) is 1. The molecule has 1 atom stereocenters. The summed E-state index contributed by atoms with van der Waals surface area (Å²) < 4.78 is 37.6. The van der Waals surface area contributed by atoms with E-state index in [4.69, 9.17) is 0 Å². The SMILES string of the molecule is CCC(=O)N(CCc1ccc(C(F)(F)F)nc1)C[C@@H](O)c1cccnc1. The fraction of sp³-hybridized carbons (Fsp3) is 0.389. The molecule has 0 spiro atoms. The first kappa shape index (κ1) is 19.8. The van der Waals surface area contributed by atoms with E-state index in [0.717, 1.165) is 12.3 Å². The molecule has 0 radical (unpaired) electrons. The summed E-state index contributed by atoms with van der Waals surface area (Å²) in [5.41, 5.74) is 0.232. The van der Waals surface area contributed by atoms with Crippen LogP contribution in [0, 0.1) is 0 Å². The number of aliphatic hydroxyl groups is 1. The van der Waals surface area contributed by atoms with Crippen molar-refractivity contribution in [1.29, 1.82) is 0 Å². The quantitative estimate of drug-likeness (QED) is 0.817. The van der Waals surface area contributed by atoms with Crippen molar-refractivity contribution in [2.24, 2.45) is 0 Å². The number of rotatable bonds is 7. The zero-order chi connectivity index (χ0) is 19.2. The molecule has 2 aromatic heterocycles. The van der Waals surface area contributed by atoms with E-state index < -0.39 is 18.0 Å². The number of hydrogen-bond acceptors (Lipinski definition) is 4. The number of aliphatic hydroxyl groups excluding tert-OH is 1. The molecule has 1 amide bonds. The Hall–Kier alpha value is -2.48. The molecule has 5 nitrogen and oxygen atoms in total. The molecular weight excluding hydrogens is 347 g/mol. The summed E-state index contributed by atoms with van der Waals surface area (Å²) in [6.07, 6.45) is -0.473. The number of nitrogens with zero attached hydrogens (tertiary/aromatic N) is 3. The maximum Gasteiger partial charge on any atom is 0.433 e. The van der Waals surface area contributed by atoms with Gasteiger partial charge in [0, 0.05) is 37.1 Å². The summed E-state index contributed by atoms with van der Waals surface area (Å²) in [6, 6.07) is 5.68. The first-order valence-corrected chi connectivity index (χ1v) is 8.19. The van der Waals surface area contributed by atoms with Gasteiger partial charge in [-0.1, -0.05) is 19.1 Å². The third kappa shape index (κ3) is 5.52. The van der Waals surface area contributed by atoms with Crippen LogP contribution in [0.5, 0.6) is 0 Å². The van der Waals surface area contributed by atoms with Gasteiger partial charge < -0.3 is 10.0 Å². The number of alkyl halides is 3. The van der Waals surface area contributed by atoms with Crippen molar-refractivity contribution in [2.45, 2.75) is 32.0 Å². The Morgan fingerprint density at radius 3 is 2.58 bits per heavy atom. The highest BCUT2D eigenvalue weighted by atomic mass is 19.4. The number of halogens is 3. The Morgan fingerprint density at radius 1 is 1.27 bits per heavy atom. The van der Waals surface area contributed by atoms with E-state index in [-0.39, 0.29) is 25.4 Å². The summed E-state index contributed by atoms with van der Waals surface area (Å²) in [7, 11) is 0.